The standard InChI is InChI=1S/C16H24N2O/c1-12-6-7-13(2)14(9-12)10-16(19)18-8-4-5-15(18)11-17-3/h6-7,9,15,17H,4-5,8,10-11H2,1-3H3/t15-/m1/s1. The van der Waals surface area contributed by atoms with Crippen LogP contribution in [0.2, 0.25) is 0 Å². The Kier molecular flexibility index (Phi) is 4.59. The van der Waals surface area contributed by atoms with E-state index in [-0.39, 0.29) is 5.91 Å². The molecule has 1 aromatic carbocycles. The van der Waals surface area contributed by atoms with Crippen molar-refractivity contribution < 1.29 is 4.79 Å². The number of carbonyl (C=O) groups is 1. The third kappa shape index (κ3) is 3.35. The van der Waals surface area contributed by atoms with E-state index in [1.165, 1.54) is 16.7 Å². The molecule has 1 aliphatic rings. The minimum Gasteiger partial charge on any atom is -0.338 e. The van der Waals surface area contributed by atoms with Crippen molar-refractivity contribution in [3.8, 4) is 0 Å². The van der Waals surface area contributed by atoms with Crippen molar-refractivity contribution in [3.05, 3.63) is 34.9 Å². The quantitative estimate of drug-likeness (QED) is 0.898. The molecule has 0 spiro atoms. The highest BCUT2D eigenvalue weighted by molar-refractivity contribution is 5.79. The summed E-state index contributed by atoms with van der Waals surface area (Å²) in [7, 11) is 1.95. The number of carbonyl (C=O) groups excluding carboxylic acids is 1. The predicted molar refractivity (Wildman–Crippen MR) is 78.3 cm³/mol. The van der Waals surface area contributed by atoms with Gasteiger partial charge in [0.25, 0.3) is 0 Å². The lowest BCUT2D eigenvalue weighted by Crippen LogP contribution is -2.41. The topological polar surface area (TPSA) is 32.3 Å². The van der Waals surface area contributed by atoms with Gasteiger partial charge in [-0.15, -0.1) is 0 Å². The second-order valence-corrected chi connectivity index (χ2v) is 5.55. The summed E-state index contributed by atoms with van der Waals surface area (Å²) < 4.78 is 0. The third-order valence-electron chi connectivity index (χ3n) is 3.98. The van der Waals surface area contributed by atoms with E-state index in [1.54, 1.807) is 0 Å². The van der Waals surface area contributed by atoms with E-state index in [4.69, 9.17) is 0 Å². The van der Waals surface area contributed by atoms with Gasteiger partial charge in [0.2, 0.25) is 5.91 Å². The van der Waals surface area contributed by atoms with Crippen molar-refractivity contribution >= 4 is 5.91 Å². The Morgan fingerprint density at radius 2 is 2.21 bits per heavy atom. The fourth-order valence-electron chi connectivity index (χ4n) is 2.87. The molecule has 19 heavy (non-hydrogen) atoms. The molecular weight excluding hydrogens is 236 g/mol. The van der Waals surface area contributed by atoms with E-state index in [0.29, 0.717) is 12.5 Å². The minimum atomic E-state index is 0.270. The van der Waals surface area contributed by atoms with Crippen LogP contribution in [0.1, 0.15) is 29.5 Å². The number of nitrogens with one attached hydrogen (secondary N) is 1. The van der Waals surface area contributed by atoms with Gasteiger partial charge in [0.05, 0.1) is 6.42 Å². The van der Waals surface area contributed by atoms with Crippen molar-refractivity contribution in [1.29, 1.82) is 0 Å². The number of likely N-dealkylation sites (N-methyl/N-ethyl adjacent to an activating group) is 1. The third-order valence-corrected chi connectivity index (χ3v) is 3.98. The van der Waals surface area contributed by atoms with Crippen LogP contribution in [-0.2, 0) is 11.2 Å². The average molecular weight is 260 g/mol. The zero-order valence-electron chi connectivity index (χ0n) is 12.2. The van der Waals surface area contributed by atoms with Crippen LogP contribution < -0.4 is 5.32 Å². The highest BCUT2D eigenvalue weighted by Gasteiger charge is 2.27. The van der Waals surface area contributed by atoms with Crippen molar-refractivity contribution in [2.75, 3.05) is 20.1 Å². The lowest BCUT2D eigenvalue weighted by molar-refractivity contribution is -0.131. The predicted octanol–water partition coefficient (Wildman–Crippen LogP) is 2.06. The van der Waals surface area contributed by atoms with Gasteiger partial charge in [-0.2, -0.15) is 0 Å². The molecule has 0 radical (unpaired) electrons. The summed E-state index contributed by atoms with van der Waals surface area (Å²) in [6.45, 7) is 5.97. The lowest BCUT2D eigenvalue weighted by atomic mass is 10.0. The first kappa shape index (κ1) is 14.1. The number of amides is 1. The highest BCUT2D eigenvalue weighted by Crippen LogP contribution is 2.19. The van der Waals surface area contributed by atoms with E-state index in [1.807, 2.05) is 7.05 Å². The number of benzene rings is 1. The second-order valence-electron chi connectivity index (χ2n) is 5.55. The number of hydrogen-bond acceptors (Lipinski definition) is 2. The van der Waals surface area contributed by atoms with Gasteiger partial charge in [0.1, 0.15) is 0 Å². The van der Waals surface area contributed by atoms with Crippen molar-refractivity contribution in [2.45, 2.75) is 39.2 Å². The molecule has 1 atom stereocenters. The Morgan fingerprint density at radius 1 is 1.42 bits per heavy atom. The molecule has 1 N–H and O–H groups in total. The maximum atomic E-state index is 12.5. The maximum Gasteiger partial charge on any atom is 0.227 e. The average Bonchev–Trinajstić information content (AvgIpc) is 2.82. The Hall–Kier alpha value is -1.35. The molecule has 2 rings (SSSR count). The van der Waals surface area contributed by atoms with E-state index < -0.39 is 0 Å². The van der Waals surface area contributed by atoms with Crippen LogP contribution in [0.4, 0.5) is 0 Å². The van der Waals surface area contributed by atoms with Crippen LogP contribution in [0.15, 0.2) is 18.2 Å². The lowest BCUT2D eigenvalue weighted by Gasteiger charge is -2.25. The van der Waals surface area contributed by atoms with Crippen molar-refractivity contribution in [1.82, 2.24) is 10.2 Å². The number of aryl methyl sites for hydroxylation is 2. The molecule has 1 saturated heterocycles. The molecule has 3 heteroatoms. The summed E-state index contributed by atoms with van der Waals surface area (Å²) >= 11 is 0. The van der Waals surface area contributed by atoms with Gasteiger partial charge >= 0.3 is 0 Å². The van der Waals surface area contributed by atoms with Gasteiger partial charge in [-0.1, -0.05) is 23.8 Å². The molecule has 104 valence electrons. The smallest absolute Gasteiger partial charge is 0.227 e. The van der Waals surface area contributed by atoms with E-state index in [9.17, 15) is 4.79 Å². The molecule has 3 nitrogen and oxygen atoms in total. The summed E-state index contributed by atoms with van der Waals surface area (Å²) in [5.74, 6) is 0.270. The fraction of sp³-hybridized carbons (Fsp3) is 0.562. The van der Waals surface area contributed by atoms with E-state index >= 15 is 0 Å². The molecule has 0 unspecified atom stereocenters. The SMILES string of the molecule is CNC[C@H]1CCCN1C(=O)Cc1cc(C)ccc1C. The second kappa shape index (κ2) is 6.20. The maximum absolute atomic E-state index is 12.5. The van der Waals surface area contributed by atoms with Crippen LogP contribution in [0, 0.1) is 13.8 Å². The van der Waals surface area contributed by atoms with Gasteiger partial charge in [-0.05, 0) is 44.9 Å². The highest BCUT2D eigenvalue weighted by atomic mass is 16.2. The molecular formula is C16H24N2O. The Balaban J connectivity index is 2.06. The van der Waals surface area contributed by atoms with Crippen LogP contribution in [0.5, 0.6) is 0 Å². The van der Waals surface area contributed by atoms with Gasteiger partial charge in [0.15, 0.2) is 0 Å². The molecule has 0 saturated carbocycles. The monoisotopic (exact) mass is 260 g/mol. The minimum absolute atomic E-state index is 0.270. The zero-order valence-corrected chi connectivity index (χ0v) is 12.2. The molecule has 1 aliphatic heterocycles. The summed E-state index contributed by atoms with van der Waals surface area (Å²) in [5, 5.41) is 3.18. The van der Waals surface area contributed by atoms with Crippen LogP contribution in [0.25, 0.3) is 0 Å². The molecule has 1 amide bonds. The van der Waals surface area contributed by atoms with Crippen LogP contribution >= 0.6 is 0 Å². The largest absolute Gasteiger partial charge is 0.338 e. The first-order valence-corrected chi connectivity index (χ1v) is 7.12. The number of hydrogen-bond donors (Lipinski definition) is 1. The first-order valence-electron chi connectivity index (χ1n) is 7.12. The summed E-state index contributed by atoms with van der Waals surface area (Å²) in [6, 6.07) is 6.72. The van der Waals surface area contributed by atoms with Crippen LogP contribution in [0.3, 0.4) is 0 Å². The van der Waals surface area contributed by atoms with Crippen LogP contribution in [-0.4, -0.2) is 37.0 Å². The summed E-state index contributed by atoms with van der Waals surface area (Å²) in [6.07, 6.45) is 2.79. The molecule has 0 aliphatic carbocycles. The van der Waals surface area contributed by atoms with E-state index in [2.05, 4.69) is 42.3 Å². The van der Waals surface area contributed by atoms with Crippen molar-refractivity contribution in [3.63, 3.8) is 0 Å². The summed E-state index contributed by atoms with van der Waals surface area (Å²) in [4.78, 5) is 14.5. The van der Waals surface area contributed by atoms with Gasteiger partial charge < -0.3 is 10.2 Å². The number of nitrogens with zero attached hydrogens (tertiary/aromatic N) is 1. The first-order chi connectivity index (χ1) is 9.11. The molecule has 0 bridgehead atoms. The molecule has 1 aromatic rings. The molecule has 0 aromatic heterocycles. The van der Waals surface area contributed by atoms with Crippen molar-refractivity contribution in [2.24, 2.45) is 0 Å². The number of likely N-dealkylation sites (tertiary alicyclic amines) is 1. The summed E-state index contributed by atoms with van der Waals surface area (Å²) in [5.41, 5.74) is 3.60. The Labute approximate surface area is 116 Å². The normalized spacial score (nSPS) is 18.9. The molecule has 1 heterocycles. The van der Waals surface area contributed by atoms with Gasteiger partial charge in [-0.3, -0.25) is 4.79 Å². The Morgan fingerprint density at radius 3 is 2.95 bits per heavy atom. The zero-order chi connectivity index (χ0) is 13.8. The van der Waals surface area contributed by atoms with E-state index in [0.717, 1.165) is 25.9 Å². The molecule has 1 fully saturated rings. The fourth-order valence-corrected chi connectivity index (χ4v) is 2.87. The van der Waals surface area contributed by atoms with Gasteiger partial charge in [-0.25, -0.2) is 0 Å². The Bertz CT molecular complexity index is 456. The van der Waals surface area contributed by atoms with Gasteiger partial charge in [0, 0.05) is 19.1 Å². The number of rotatable bonds is 4.